The number of aromatic nitrogens is 2. The lowest BCUT2D eigenvalue weighted by molar-refractivity contribution is 0.0577. The summed E-state index contributed by atoms with van der Waals surface area (Å²) in [6, 6.07) is 3.75. The third kappa shape index (κ3) is 3.22. The van der Waals surface area contributed by atoms with E-state index in [1.807, 2.05) is 32.9 Å². The standard InChI is InChI=1S/C12H14N2O2S.C2H6/c1-7-13-8-5-6-11(14-12(8)17-7)16-10-4-2-3-9(10)15;1-2/h5-6,9-10,15H,2-4H2,1H3;1-2H3. The smallest absolute Gasteiger partial charge is 0.215 e. The fourth-order valence-corrected chi connectivity index (χ4v) is 2.95. The molecule has 0 bridgehead atoms. The van der Waals surface area contributed by atoms with Gasteiger partial charge in [-0.1, -0.05) is 25.2 Å². The summed E-state index contributed by atoms with van der Waals surface area (Å²) in [7, 11) is 0. The summed E-state index contributed by atoms with van der Waals surface area (Å²) in [5, 5.41) is 10.7. The van der Waals surface area contributed by atoms with Gasteiger partial charge >= 0.3 is 0 Å². The van der Waals surface area contributed by atoms with Gasteiger partial charge in [0.15, 0.2) is 0 Å². The molecule has 2 aromatic rings. The summed E-state index contributed by atoms with van der Waals surface area (Å²) >= 11 is 1.56. The van der Waals surface area contributed by atoms with Crippen molar-refractivity contribution < 1.29 is 9.84 Å². The topological polar surface area (TPSA) is 55.2 Å². The van der Waals surface area contributed by atoms with E-state index in [2.05, 4.69) is 9.97 Å². The number of nitrogens with zero attached hydrogens (tertiary/aromatic N) is 2. The Morgan fingerprint density at radius 2 is 2.05 bits per heavy atom. The van der Waals surface area contributed by atoms with E-state index >= 15 is 0 Å². The molecule has 2 unspecified atom stereocenters. The van der Waals surface area contributed by atoms with E-state index in [4.69, 9.17) is 4.74 Å². The molecule has 0 aromatic carbocycles. The number of thiazole rings is 1. The number of ether oxygens (including phenoxy) is 1. The summed E-state index contributed by atoms with van der Waals surface area (Å²) in [6.07, 6.45) is 2.30. The maximum atomic E-state index is 9.71. The minimum absolute atomic E-state index is 0.103. The van der Waals surface area contributed by atoms with E-state index in [0.717, 1.165) is 34.6 Å². The van der Waals surface area contributed by atoms with Gasteiger partial charge in [-0.15, -0.1) is 0 Å². The van der Waals surface area contributed by atoms with Crippen LogP contribution < -0.4 is 4.74 Å². The number of rotatable bonds is 2. The predicted molar refractivity (Wildman–Crippen MR) is 77.8 cm³/mol. The molecule has 2 atom stereocenters. The van der Waals surface area contributed by atoms with Gasteiger partial charge in [-0.2, -0.15) is 0 Å². The van der Waals surface area contributed by atoms with Gasteiger partial charge in [0.1, 0.15) is 16.5 Å². The van der Waals surface area contributed by atoms with Crippen molar-refractivity contribution in [3.8, 4) is 5.88 Å². The Morgan fingerprint density at radius 1 is 1.26 bits per heavy atom. The molecule has 1 aliphatic rings. The molecule has 104 valence electrons. The Kier molecular flexibility index (Phi) is 4.71. The molecule has 2 heterocycles. The van der Waals surface area contributed by atoms with Crippen LogP contribution in [0.5, 0.6) is 5.88 Å². The summed E-state index contributed by atoms with van der Waals surface area (Å²) in [5.74, 6) is 0.590. The average molecular weight is 280 g/mol. The van der Waals surface area contributed by atoms with Gasteiger partial charge < -0.3 is 9.84 Å². The van der Waals surface area contributed by atoms with Gasteiger partial charge in [0.05, 0.1) is 11.1 Å². The van der Waals surface area contributed by atoms with E-state index < -0.39 is 0 Å². The number of hydrogen-bond acceptors (Lipinski definition) is 5. The number of hydrogen-bond donors (Lipinski definition) is 1. The Balaban J connectivity index is 0.000000637. The number of fused-ring (bicyclic) bond motifs is 1. The maximum absolute atomic E-state index is 9.71. The highest BCUT2D eigenvalue weighted by atomic mass is 32.1. The molecular formula is C14H20N2O2S. The van der Waals surface area contributed by atoms with Gasteiger partial charge in [-0.3, -0.25) is 0 Å². The van der Waals surface area contributed by atoms with E-state index in [9.17, 15) is 5.11 Å². The fraction of sp³-hybridized carbons (Fsp3) is 0.571. The van der Waals surface area contributed by atoms with Crippen LogP contribution in [0.3, 0.4) is 0 Å². The molecule has 0 aliphatic heterocycles. The average Bonchev–Trinajstić information content (AvgIpc) is 2.97. The minimum Gasteiger partial charge on any atom is -0.472 e. The quantitative estimate of drug-likeness (QED) is 0.917. The molecule has 2 aromatic heterocycles. The van der Waals surface area contributed by atoms with Crippen molar-refractivity contribution in [2.75, 3.05) is 0 Å². The zero-order valence-electron chi connectivity index (χ0n) is 11.6. The van der Waals surface area contributed by atoms with Crippen LogP contribution in [0.1, 0.15) is 38.1 Å². The van der Waals surface area contributed by atoms with E-state index in [0.29, 0.717) is 5.88 Å². The van der Waals surface area contributed by atoms with Gasteiger partial charge in [0, 0.05) is 6.07 Å². The molecule has 1 N–H and O–H groups in total. The third-order valence-corrected chi connectivity index (χ3v) is 3.91. The van der Waals surface area contributed by atoms with Crippen molar-refractivity contribution >= 4 is 21.7 Å². The molecule has 5 heteroatoms. The molecular weight excluding hydrogens is 260 g/mol. The van der Waals surface area contributed by atoms with Crippen LogP contribution in [0.4, 0.5) is 0 Å². The number of aliphatic hydroxyl groups excluding tert-OH is 1. The molecule has 4 nitrogen and oxygen atoms in total. The van der Waals surface area contributed by atoms with Crippen LogP contribution in [0.15, 0.2) is 12.1 Å². The summed E-state index contributed by atoms with van der Waals surface area (Å²) in [5.41, 5.74) is 0.909. The molecule has 0 amide bonds. The second kappa shape index (κ2) is 6.30. The van der Waals surface area contributed by atoms with Crippen molar-refractivity contribution in [3.05, 3.63) is 17.1 Å². The molecule has 1 aliphatic carbocycles. The molecule has 3 rings (SSSR count). The van der Waals surface area contributed by atoms with Crippen LogP contribution in [0, 0.1) is 6.92 Å². The predicted octanol–water partition coefficient (Wildman–Crippen LogP) is 3.32. The highest BCUT2D eigenvalue weighted by Crippen LogP contribution is 2.26. The van der Waals surface area contributed by atoms with Gasteiger partial charge in [-0.05, 0) is 32.3 Å². The molecule has 0 saturated heterocycles. The lowest BCUT2D eigenvalue weighted by Crippen LogP contribution is -2.25. The second-order valence-electron chi connectivity index (χ2n) is 4.36. The largest absolute Gasteiger partial charge is 0.472 e. The summed E-state index contributed by atoms with van der Waals surface area (Å²) in [4.78, 5) is 9.66. The third-order valence-electron chi connectivity index (χ3n) is 3.03. The zero-order valence-corrected chi connectivity index (χ0v) is 12.4. The Morgan fingerprint density at radius 3 is 2.74 bits per heavy atom. The summed E-state index contributed by atoms with van der Waals surface area (Å²) < 4.78 is 5.72. The zero-order chi connectivity index (χ0) is 13.8. The molecule has 1 fully saturated rings. The lowest BCUT2D eigenvalue weighted by Gasteiger charge is -2.15. The van der Waals surface area contributed by atoms with Crippen LogP contribution >= 0.6 is 11.3 Å². The van der Waals surface area contributed by atoms with Crippen molar-refractivity contribution in [2.24, 2.45) is 0 Å². The van der Waals surface area contributed by atoms with Crippen LogP contribution in [-0.2, 0) is 0 Å². The first-order chi connectivity index (χ1) is 9.22. The Labute approximate surface area is 117 Å². The Hall–Kier alpha value is -1.20. The van der Waals surface area contributed by atoms with Crippen LogP contribution in [0.2, 0.25) is 0 Å². The summed E-state index contributed by atoms with van der Waals surface area (Å²) in [6.45, 7) is 5.97. The SMILES string of the molecule is CC.Cc1nc2ccc(OC3CCCC3O)nc2s1. The highest BCUT2D eigenvalue weighted by molar-refractivity contribution is 7.18. The first kappa shape index (κ1) is 14.2. The molecule has 19 heavy (non-hydrogen) atoms. The highest BCUT2D eigenvalue weighted by Gasteiger charge is 2.27. The molecule has 0 radical (unpaired) electrons. The van der Waals surface area contributed by atoms with Crippen LogP contribution in [-0.4, -0.2) is 27.3 Å². The van der Waals surface area contributed by atoms with Crippen molar-refractivity contribution in [3.63, 3.8) is 0 Å². The van der Waals surface area contributed by atoms with Crippen molar-refractivity contribution in [2.45, 2.75) is 52.2 Å². The lowest BCUT2D eigenvalue weighted by atomic mass is 10.2. The van der Waals surface area contributed by atoms with E-state index in [-0.39, 0.29) is 12.2 Å². The van der Waals surface area contributed by atoms with E-state index in [1.54, 1.807) is 11.3 Å². The second-order valence-corrected chi connectivity index (χ2v) is 5.54. The van der Waals surface area contributed by atoms with Crippen molar-refractivity contribution in [1.82, 2.24) is 9.97 Å². The number of aryl methyl sites for hydroxylation is 1. The van der Waals surface area contributed by atoms with E-state index in [1.165, 1.54) is 0 Å². The normalized spacial score (nSPS) is 22.1. The monoisotopic (exact) mass is 280 g/mol. The van der Waals surface area contributed by atoms with Crippen molar-refractivity contribution in [1.29, 1.82) is 0 Å². The van der Waals surface area contributed by atoms with Gasteiger partial charge in [0.2, 0.25) is 5.88 Å². The first-order valence-electron chi connectivity index (χ1n) is 6.81. The molecule has 0 spiro atoms. The maximum Gasteiger partial charge on any atom is 0.215 e. The minimum atomic E-state index is -0.351. The fourth-order valence-electron chi connectivity index (χ4n) is 2.17. The molecule has 1 saturated carbocycles. The van der Waals surface area contributed by atoms with Crippen LogP contribution in [0.25, 0.3) is 10.3 Å². The van der Waals surface area contributed by atoms with Gasteiger partial charge in [-0.25, -0.2) is 9.97 Å². The van der Waals surface area contributed by atoms with Gasteiger partial charge in [0.25, 0.3) is 0 Å². The number of aliphatic hydroxyl groups is 1. The number of pyridine rings is 1. The Bertz CT molecular complexity index is 541. The first-order valence-corrected chi connectivity index (χ1v) is 7.63.